The number of anilines is 8. The molecule has 2 aromatic heterocycles. The number of hydrogen-bond acceptors (Lipinski definition) is 30. The number of hydrogen-bond donors (Lipinski definition) is 11. The summed E-state index contributed by atoms with van der Waals surface area (Å²) in [4.78, 5) is 24.0. The molecule has 0 aliphatic heterocycles. The van der Waals surface area contributed by atoms with Gasteiger partial charge in [-0.3, -0.25) is 0 Å². The molecular formula is C36H48N12Na4O18S4. The van der Waals surface area contributed by atoms with Crippen molar-refractivity contribution in [3.05, 3.63) is 47.5 Å². The van der Waals surface area contributed by atoms with Crippen molar-refractivity contribution < 1.29 is 201 Å². The summed E-state index contributed by atoms with van der Waals surface area (Å²) in [7, 11) is -20.0. The molecule has 0 aliphatic carbocycles. The fraction of sp³-hybridized carbons (Fsp3) is 0.444. The van der Waals surface area contributed by atoms with E-state index in [4.69, 9.17) is 0 Å². The Labute approximate surface area is 514 Å². The van der Waals surface area contributed by atoms with Crippen LogP contribution >= 0.6 is 0 Å². The number of aliphatic hydroxyl groups is 6. The second-order valence-corrected chi connectivity index (χ2v) is 21.1. The predicted octanol–water partition coefficient (Wildman–Crippen LogP) is -15.1. The Morgan fingerprint density at radius 1 is 0.608 bits per heavy atom. The van der Waals surface area contributed by atoms with Crippen molar-refractivity contribution in [2.75, 3.05) is 88.9 Å². The first-order valence-electron chi connectivity index (χ1n) is 20.2. The standard InChI is InChI=1S/C36H52N12O18S4.4Na/c1-21(51)15-36(54,20-50)19-39-32-42-30(37-9-11-67(55,56)57)43-33(45-32)40-25-7-5-23(28(13-25)69(61,62)63)3-4-24-6-8-26(14-29(24)70(64,65)66)41-34-44-31(38-10-12-68(58,59)60)46-35(47-34)48(16-22(2)52)17-27(53)18-49;;;;/h3-8,13-14,21-22,27,49-54H,9-12,15-20H2,1-2H3,(H,55,56,57)(H,58,59,60)(H,61,62,63)(H,64,65,66)(H2,38,41,44,46,47)(H3,37,39,40,42,43,45);;;;/q;4*+1/p-4. The maximum atomic E-state index is 12.6. The van der Waals surface area contributed by atoms with E-state index < -0.39 is 119 Å². The predicted molar refractivity (Wildman–Crippen MR) is 244 cm³/mol. The number of rotatable bonds is 28. The molecule has 4 atom stereocenters. The summed E-state index contributed by atoms with van der Waals surface area (Å²) in [6.07, 6.45) is -1.73. The summed E-state index contributed by atoms with van der Waals surface area (Å²) in [6, 6.07) is 6.37. The molecule has 2 heterocycles. The summed E-state index contributed by atoms with van der Waals surface area (Å²) < 4.78 is 142. The van der Waals surface area contributed by atoms with E-state index in [1.807, 2.05) is 0 Å². The molecule has 4 rings (SSSR count). The molecule has 0 aliphatic rings. The van der Waals surface area contributed by atoms with Gasteiger partial charge in [0, 0.05) is 50.5 Å². The first kappa shape index (κ1) is 72.4. The molecule has 2 aromatic carbocycles. The average molecular weight is 1160 g/mol. The molecule has 0 spiro atoms. The molecule has 0 bridgehead atoms. The molecule has 0 saturated carbocycles. The number of aromatic nitrogens is 6. The molecule has 0 fully saturated rings. The monoisotopic (exact) mass is 1160 g/mol. The number of benzene rings is 2. The summed E-state index contributed by atoms with van der Waals surface area (Å²) in [6.45, 7) is -0.706. The average Bonchev–Trinajstić information content (AvgIpc) is 3.23. The normalized spacial score (nSPS) is 13.8. The summed E-state index contributed by atoms with van der Waals surface area (Å²) in [5.74, 6) is -3.79. The van der Waals surface area contributed by atoms with Crippen LogP contribution in [0.2, 0.25) is 0 Å². The molecule has 4 aromatic rings. The maximum absolute atomic E-state index is 12.6. The zero-order valence-electron chi connectivity index (χ0n) is 40.8. The second-order valence-electron chi connectivity index (χ2n) is 15.3. The molecule has 0 amide bonds. The SMILES string of the molecule is CC(O)CN(CC(O)CO)c1nc(NCCS(=O)(=O)[O-])nc(Nc2ccc(C=Cc3ccc(Nc4nc(NCCS(=O)(=O)[O-])nc(NCC(O)(CO)CC(C)O)n4)cc3S(=O)(=O)[O-])c(S(=O)(=O)[O-])c2)n1.[Na+].[Na+].[Na+].[Na+]. The number of aliphatic hydroxyl groups excluding tert-OH is 5. The van der Waals surface area contributed by atoms with Gasteiger partial charge in [-0.05, 0) is 49.2 Å². The Kier molecular flexibility index (Phi) is 31.2. The maximum Gasteiger partial charge on any atom is 1.00 e. The fourth-order valence-electron chi connectivity index (χ4n) is 6.03. The first-order chi connectivity index (χ1) is 32.4. The minimum atomic E-state index is -5.34. The quantitative estimate of drug-likeness (QED) is 0.0143. The van der Waals surface area contributed by atoms with Crippen LogP contribution in [0.3, 0.4) is 0 Å². The van der Waals surface area contributed by atoms with Gasteiger partial charge < -0.3 is 80.3 Å². The van der Waals surface area contributed by atoms with Crippen LogP contribution in [-0.2, 0) is 40.5 Å². The zero-order chi connectivity index (χ0) is 52.2. The van der Waals surface area contributed by atoms with Crippen LogP contribution in [-0.4, -0.2) is 194 Å². The van der Waals surface area contributed by atoms with Gasteiger partial charge in [-0.25, -0.2) is 33.7 Å². The van der Waals surface area contributed by atoms with Gasteiger partial charge in [0.15, 0.2) is 0 Å². The Morgan fingerprint density at radius 3 is 1.41 bits per heavy atom. The van der Waals surface area contributed by atoms with Gasteiger partial charge in [0.25, 0.3) is 0 Å². The van der Waals surface area contributed by atoms with Crippen LogP contribution in [0.1, 0.15) is 31.4 Å². The molecule has 388 valence electrons. The van der Waals surface area contributed by atoms with E-state index in [1.54, 1.807) is 0 Å². The largest absolute Gasteiger partial charge is 1.00 e. The smallest absolute Gasteiger partial charge is 0.748 e. The Balaban J connectivity index is 0.0000133. The minimum Gasteiger partial charge on any atom is -0.748 e. The molecule has 0 saturated heterocycles. The van der Waals surface area contributed by atoms with Crippen LogP contribution in [0, 0.1) is 0 Å². The summed E-state index contributed by atoms with van der Waals surface area (Å²) in [5.41, 5.74) is -2.80. The topological polar surface area (TPSA) is 491 Å². The van der Waals surface area contributed by atoms with E-state index in [2.05, 4.69) is 56.5 Å². The van der Waals surface area contributed by atoms with Crippen molar-refractivity contribution in [3.63, 3.8) is 0 Å². The molecule has 0 radical (unpaired) electrons. The van der Waals surface area contributed by atoms with Crippen molar-refractivity contribution >= 4 is 99.7 Å². The number of nitrogens with zero attached hydrogens (tertiary/aromatic N) is 7. The summed E-state index contributed by atoms with van der Waals surface area (Å²) in [5, 5.41) is 72.7. The van der Waals surface area contributed by atoms with Crippen molar-refractivity contribution in [3.8, 4) is 0 Å². The van der Waals surface area contributed by atoms with E-state index in [0.717, 1.165) is 36.4 Å². The Hall–Kier alpha value is -1.60. The molecule has 38 heteroatoms. The molecule has 4 unspecified atom stereocenters. The molecule has 30 nitrogen and oxygen atoms in total. The third-order valence-electron chi connectivity index (χ3n) is 9.00. The van der Waals surface area contributed by atoms with Crippen LogP contribution in [0.5, 0.6) is 0 Å². The fourth-order valence-corrected chi connectivity index (χ4v) is 8.13. The second kappa shape index (κ2) is 31.9. The van der Waals surface area contributed by atoms with E-state index in [1.165, 1.54) is 30.9 Å². The first-order valence-corrected chi connectivity index (χ1v) is 26.2. The van der Waals surface area contributed by atoms with Gasteiger partial charge in [-0.15, -0.1) is 0 Å². The zero-order valence-corrected chi connectivity index (χ0v) is 52.0. The number of nitrogens with one attached hydrogen (secondary N) is 5. The van der Waals surface area contributed by atoms with E-state index in [9.17, 15) is 82.5 Å². The van der Waals surface area contributed by atoms with Crippen LogP contribution in [0.4, 0.5) is 47.1 Å². The minimum absolute atomic E-state index is 0. The van der Waals surface area contributed by atoms with Crippen molar-refractivity contribution in [2.45, 2.75) is 54.0 Å². The van der Waals surface area contributed by atoms with Gasteiger partial charge in [0.05, 0.1) is 73.1 Å². The van der Waals surface area contributed by atoms with Crippen LogP contribution < -0.4 is 150 Å². The molecule has 74 heavy (non-hydrogen) atoms. The summed E-state index contributed by atoms with van der Waals surface area (Å²) >= 11 is 0. The van der Waals surface area contributed by atoms with E-state index >= 15 is 0 Å². The Morgan fingerprint density at radius 2 is 1.01 bits per heavy atom. The van der Waals surface area contributed by atoms with E-state index in [-0.39, 0.29) is 196 Å². The molecular weight excluding hydrogens is 1110 g/mol. The third kappa shape index (κ3) is 25.5. The van der Waals surface area contributed by atoms with Crippen molar-refractivity contribution in [1.82, 2.24) is 29.9 Å². The van der Waals surface area contributed by atoms with Crippen LogP contribution in [0.25, 0.3) is 12.2 Å². The van der Waals surface area contributed by atoms with Gasteiger partial charge in [-0.1, -0.05) is 24.3 Å². The van der Waals surface area contributed by atoms with Gasteiger partial charge in [0.2, 0.25) is 35.7 Å². The van der Waals surface area contributed by atoms with Gasteiger partial charge in [-0.2, -0.15) is 29.9 Å². The van der Waals surface area contributed by atoms with Gasteiger partial charge in [0.1, 0.15) is 25.8 Å². The van der Waals surface area contributed by atoms with Crippen molar-refractivity contribution in [2.24, 2.45) is 0 Å². The van der Waals surface area contributed by atoms with Crippen LogP contribution in [0.15, 0.2) is 46.2 Å². The van der Waals surface area contributed by atoms with Crippen molar-refractivity contribution in [1.29, 1.82) is 0 Å². The van der Waals surface area contributed by atoms with E-state index in [0.29, 0.717) is 0 Å². The Bertz CT molecular complexity index is 2960. The molecule has 11 N–H and O–H groups in total. The third-order valence-corrected chi connectivity index (χ3v) is 12.2. The van der Waals surface area contributed by atoms with Gasteiger partial charge >= 0.3 is 118 Å².